The zero-order valence-electron chi connectivity index (χ0n) is 8.16. The second-order valence-corrected chi connectivity index (χ2v) is 3.10. The highest BCUT2D eigenvalue weighted by atomic mass is 16.8. The zero-order valence-corrected chi connectivity index (χ0v) is 8.16. The highest BCUT2D eigenvalue weighted by molar-refractivity contribution is 5.63. The summed E-state index contributed by atoms with van der Waals surface area (Å²) in [6.07, 6.45) is -0.859. The number of carbonyl (C=O) groups excluding carboxylic acids is 1. The van der Waals surface area contributed by atoms with Crippen molar-refractivity contribution in [3.8, 4) is 0 Å². The average molecular weight is 193 g/mol. The van der Waals surface area contributed by atoms with E-state index in [1.54, 1.807) is 20.8 Å². The molecule has 78 valence electrons. The Morgan fingerprint density at radius 1 is 1.31 bits per heavy atom. The van der Waals surface area contributed by atoms with Gasteiger partial charge >= 0.3 is 6.16 Å². The molecule has 6 heteroatoms. The van der Waals surface area contributed by atoms with E-state index in [1.807, 2.05) is 0 Å². The lowest BCUT2D eigenvalue weighted by Crippen LogP contribution is -2.25. The molecule has 0 aliphatic carbocycles. The highest BCUT2D eigenvalue weighted by Crippen LogP contribution is 2.06. The zero-order chi connectivity index (χ0) is 11.1. The summed E-state index contributed by atoms with van der Waals surface area (Å²) in [5.74, 6) is 3.67. The van der Waals surface area contributed by atoms with Crippen LogP contribution in [0.1, 0.15) is 27.7 Å². The van der Waals surface area contributed by atoms with E-state index < -0.39 is 17.7 Å². The summed E-state index contributed by atoms with van der Waals surface area (Å²) in [4.78, 5) is 23.0. The second-order valence-electron chi connectivity index (χ2n) is 3.10. The first-order chi connectivity index (χ1) is 5.69. The minimum Gasteiger partial charge on any atom is -0.481 e. The molecule has 0 aliphatic rings. The molecule has 0 saturated carbocycles. The first-order valence-corrected chi connectivity index (χ1v) is 3.48. The van der Waals surface area contributed by atoms with Crippen LogP contribution in [0.25, 0.3) is 0 Å². The van der Waals surface area contributed by atoms with Crippen LogP contribution >= 0.6 is 0 Å². The number of nitrogens with two attached hydrogens (primary N) is 1. The van der Waals surface area contributed by atoms with E-state index in [9.17, 15) is 4.79 Å². The molecule has 0 spiro atoms. The summed E-state index contributed by atoms with van der Waals surface area (Å²) in [6, 6.07) is 0. The van der Waals surface area contributed by atoms with Crippen molar-refractivity contribution in [2.24, 2.45) is 5.90 Å². The number of hydrogen-bond acceptors (Lipinski definition) is 5. The first kappa shape index (κ1) is 14.2. The Bertz CT molecular complexity index is 168. The molecule has 13 heavy (non-hydrogen) atoms. The van der Waals surface area contributed by atoms with Crippen LogP contribution in [0, 0.1) is 0 Å². The lowest BCUT2D eigenvalue weighted by atomic mass is 10.2. The topological polar surface area (TPSA) is 98.8 Å². The maximum absolute atomic E-state index is 10.3. The Morgan fingerprint density at radius 2 is 1.62 bits per heavy atom. The molecule has 0 saturated heterocycles. The molecule has 0 rings (SSSR count). The molecule has 0 unspecified atom stereocenters. The van der Waals surface area contributed by atoms with Gasteiger partial charge in [-0.15, -0.1) is 0 Å². The number of carbonyl (C=O) groups is 2. The van der Waals surface area contributed by atoms with Gasteiger partial charge in [-0.3, -0.25) is 4.79 Å². The van der Waals surface area contributed by atoms with Crippen LogP contribution in [-0.4, -0.2) is 22.8 Å². The minimum atomic E-state index is -0.859. The van der Waals surface area contributed by atoms with Gasteiger partial charge in [0.05, 0.1) is 0 Å². The SMILES string of the molecule is CC(=O)O.CC(C)(C)OC(=O)ON. The summed E-state index contributed by atoms with van der Waals surface area (Å²) in [6.45, 7) is 6.26. The van der Waals surface area contributed by atoms with Gasteiger partial charge in [-0.25, -0.2) is 4.79 Å². The molecular formula is C7H15NO5. The molecule has 0 heterocycles. The Hall–Kier alpha value is -1.30. The lowest BCUT2D eigenvalue weighted by Gasteiger charge is -2.16. The number of aliphatic carboxylic acids is 1. The van der Waals surface area contributed by atoms with Crippen molar-refractivity contribution in [1.82, 2.24) is 0 Å². The molecule has 0 fully saturated rings. The normalized spacial score (nSPS) is 9.31. The molecule has 0 bridgehead atoms. The summed E-state index contributed by atoms with van der Waals surface area (Å²) >= 11 is 0. The van der Waals surface area contributed by atoms with Gasteiger partial charge in [-0.05, 0) is 20.8 Å². The van der Waals surface area contributed by atoms with Gasteiger partial charge in [0.15, 0.2) is 0 Å². The number of carboxylic acids is 1. The fourth-order valence-electron chi connectivity index (χ4n) is 0.274. The van der Waals surface area contributed by atoms with E-state index in [-0.39, 0.29) is 0 Å². The van der Waals surface area contributed by atoms with Gasteiger partial charge in [0, 0.05) is 6.92 Å². The molecule has 0 amide bonds. The Balaban J connectivity index is 0. The van der Waals surface area contributed by atoms with Crippen molar-refractivity contribution in [2.75, 3.05) is 0 Å². The summed E-state index contributed by atoms with van der Waals surface area (Å²) in [5, 5.41) is 7.42. The van der Waals surface area contributed by atoms with Crippen LogP contribution in [-0.2, 0) is 14.4 Å². The first-order valence-electron chi connectivity index (χ1n) is 3.48. The largest absolute Gasteiger partial charge is 0.528 e. The molecule has 0 atom stereocenters. The maximum Gasteiger partial charge on any atom is 0.528 e. The van der Waals surface area contributed by atoms with E-state index in [0.717, 1.165) is 6.92 Å². The Labute approximate surface area is 76.6 Å². The molecule has 0 aromatic rings. The predicted molar refractivity (Wildman–Crippen MR) is 44.8 cm³/mol. The number of ether oxygens (including phenoxy) is 1. The maximum atomic E-state index is 10.3. The van der Waals surface area contributed by atoms with E-state index in [1.165, 1.54) is 0 Å². The third-order valence-corrected chi connectivity index (χ3v) is 0.486. The third-order valence-electron chi connectivity index (χ3n) is 0.486. The molecule has 0 aromatic heterocycles. The minimum absolute atomic E-state index is 0.531. The quantitative estimate of drug-likeness (QED) is 0.438. The summed E-state index contributed by atoms with van der Waals surface area (Å²) in [5.41, 5.74) is -0.531. The van der Waals surface area contributed by atoms with Gasteiger partial charge < -0.3 is 14.7 Å². The lowest BCUT2D eigenvalue weighted by molar-refractivity contribution is -0.134. The van der Waals surface area contributed by atoms with Gasteiger partial charge in [0.1, 0.15) is 5.60 Å². The van der Waals surface area contributed by atoms with Gasteiger partial charge in [-0.2, -0.15) is 5.90 Å². The van der Waals surface area contributed by atoms with Crippen molar-refractivity contribution in [3.05, 3.63) is 0 Å². The molecule has 0 aromatic carbocycles. The number of carboxylic acid groups (broad SMARTS) is 1. The molecular weight excluding hydrogens is 178 g/mol. The standard InChI is InChI=1S/C5H11NO3.C2H4O2/c1-5(2,3)8-4(7)9-6;1-2(3)4/h6H2,1-3H3;1H3,(H,3,4). The second kappa shape index (κ2) is 6.24. The average Bonchev–Trinajstić information content (AvgIpc) is 1.82. The third kappa shape index (κ3) is 24.9. The van der Waals surface area contributed by atoms with Crippen molar-refractivity contribution in [2.45, 2.75) is 33.3 Å². The molecule has 3 N–H and O–H groups in total. The van der Waals surface area contributed by atoms with Crippen LogP contribution < -0.4 is 5.90 Å². The van der Waals surface area contributed by atoms with E-state index in [0.29, 0.717) is 0 Å². The summed E-state index contributed by atoms with van der Waals surface area (Å²) in [7, 11) is 0. The highest BCUT2D eigenvalue weighted by Gasteiger charge is 2.16. The van der Waals surface area contributed by atoms with E-state index >= 15 is 0 Å². The van der Waals surface area contributed by atoms with Gasteiger partial charge in [0.25, 0.3) is 5.97 Å². The van der Waals surface area contributed by atoms with Crippen molar-refractivity contribution < 1.29 is 24.3 Å². The van der Waals surface area contributed by atoms with Crippen LogP contribution in [0.2, 0.25) is 0 Å². The van der Waals surface area contributed by atoms with Crippen LogP contribution in [0.5, 0.6) is 0 Å². The smallest absolute Gasteiger partial charge is 0.481 e. The number of hydrogen-bond donors (Lipinski definition) is 2. The van der Waals surface area contributed by atoms with Crippen LogP contribution in [0.4, 0.5) is 4.79 Å². The molecule has 0 aliphatic heterocycles. The monoisotopic (exact) mass is 193 g/mol. The molecule has 0 radical (unpaired) electrons. The van der Waals surface area contributed by atoms with E-state index in [4.69, 9.17) is 9.90 Å². The predicted octanol–water partition coefficient (Wildman–Crippen LogP) is 0.903. The van der Waals surface area contributed by atoms with Gasteiger partial charge in [0.2, 0.25) is 0 Å². The summed E-state index contributed by atoms with van der Waals surface area (Å²) < 4.78 is 4.60. The van der Waals surface area contributed by atoms with Crippen LogP contribution in [0.15, 0.2) is 0 Å². The van der Waals surface area contributed by atoms with Crippen molar-refractivity contribution >= 4 is 12.1 Å². The van der Waals surface area contributed by atoms with E-state index in [2.05, 4.69) is 15.5 Å². The fourth-order valence-corrected chi connectivity index (χ4v) is 0.274. The van der Waals surface area contributed by atoms with Crippen molar-refractivity contribution in [3.63, 3.8) is 0 Å². The Morgan fingerprint density at radius 3 is 1.69 bits per heavy atom. The van der Waals surface area contributed by atoms with Crippen LogP contribution in [0.3, 0.4) is 0 Å². The van der Waals surface area contributed by atoms with Crippen molar-refractivity contribution in [1.29, 1.82) is 0 Å². The fraction of sp³-hybridized carbons (Fsp3) is 0.714. The van der Waals surface area contributed by atoms with Gasteiger partial charge in [-0.1, -0.05) is 0 Å². The Kier molecular flexibility index (Phi) is 6.84. The molecule has 6 nitrogen and oxygen atoms in total. The number of rotatable bonds is 0.